The van der Waals surface area contributed by atoms with E-state index in [9.17, 15) is 9.59 Å². The number of carbonyl (C=O) groups is 2. The Morgan fingerprint density at radius 1 is 1.08 bits per heavy atom. The molecule has 5 heteroatoms. The van der Waals surface area contributed by atoms with Crippen LogP contribution in [0.15, 0.2) is 30.3 Å². The zero-order valence-electron chi connectivity index (χ0n) is 15.1. The number of nitrogens with one attached hydrogen (secondary N) is 2. The van der Waals surface area contributed by atoms with E-state index in [1.165, 1.54) is 0 Å². The molecule has 0 aliphatic heterocycles. The highest BCUT2D eigenvalue weighted by Crippen LogP contribution is 2.13. The lowest BCUT2D eigenvalue weighted by atomic mass is 10.1. The number of rotatable bonds is 6. The predicted octanol–water partition coefficient (Wildman–Crippen LogP) is 1.29. The molecule has 0 bridgehead atoms. The lowest BCUT2D eigenvalue weighted by molar-refractivity contribution is -0.861. The van der Waals surface area contributed by atoms with E-state index in [-0.39, 0.29) is 18.2 Å². The van der Waals surface area contributed by atoms with E-state index in [1.807, 2.05) is 69.8 Å². The zero-order valence-corrected chi connectivity index (χ0v) is 15.1. The lowest BCUT2D eigenvalue weighted by Crippen LogP contribution is -3.11. The molecule has 0 spiro atoms. The fraction of sp³-hybridized carbons (Fsp3) is 0.368. The number of hydrogen-bond acceptors (Lipinski definition) is 2. The van der Waals surface area contributed by atoms with E-state index in [0.717, 1.165) is 33.1 Å². The van der Waals surface area contributed by atoms with Crippen molar-refractivity contribution in [3.8, 4) is 0 Å². The molecule has 2 aromatic rings. The molecule has 0 saturated heterocycles. The van der Waals surface area contributed by atoms with Crippen molar-refractivity contribution in [1.82, 2.24) is 4.57 Å². The van der Waals surface area contributed by atoms with Crippen LogP contribution in [-0.2, 0) is 11.8 Å². The van der Waals surface area contributed by atoms with Crippen LogP contribution in [0, 0.1) is 20.8 Å². The van der Waals surface area contributed by atoms with Gasteiger partial charge >= 0.3 is 0 Å². The van der Waals surface area contributed by atoms with Crippen LogP contribution in [0.25, 0.3) is 0 Å². The molecule has 0 aliphatic rings. The van der Waals surface area contributed by atoms with Crippen LogP contribution in [0.3, 0.4) is 0 Å². The second-order valence-corrected chi connectivity index (χ2v) is 6.49. The molecule has 0 radical (unpaired) electrons. The monoisotopic (exact) mass is 328 g/mol. The summed E-state index contributed by atoms with van der Waals surface area (Å²) in [5.74, 6) is -0.0260. The maximum absolute atomic E-state index is 12.5. The van der Waals surface area contributed by atoms with Gasteiger partial charge in [-0.05, 0) is 39.0 Å². The van der Waals surface area contributed by atoms with Crippen molar-refractivity contribution in [1.29, 1.82) is 0 Å². The molecule has 1 amide bonds. The minimum Gasteiger partial charge on any atom is -0.351 e. The first-order chi connectivity index (χ1) is 11.3. The van der Waals surface area contributed by atoms with E-state index < -0.39 is 0 Å². The van der Waals surface area contributed by atoms with Crippen molar-refractivity contribution in [3.05, 3.63) is 52.8 Å². The predicted molar refractivity (Wildman–Crippen MR) is 95.6 cm³/mol. The van der Waals surface area contributed by atoms with Gasteiger partial charge < -0.3 is 14.8 Å². The number of carbonyl (C=O) groups excluding carboxylic acids is 2. The number of hydrogen-bond donors (Lipinski definition) is 2. The first-order valence-corrected chi connectivity index (χ1v) is 8.12. The molecule has 2 rings (SSSR count). The number of benzene rings is 1. The lowest BCUT2D eigenvalue weighted by Gasteiger charge is -2.13. The first-order valence-electron chi connectivity index (χ1n) is 8.12. The van der Waals surface area contributed by atoms with Crippen LogP contribution in [0.1, 0.15) is 27.3 Å². The summed E-state index contributed by atoms with van der Waals surface area (Å²) < 4.78 is 2.01. The van der Waals surface area contributed by atoms with Gasteiger partial charge in [0, 0.05) is 29.7 Å². The third kappa shape index (κ3) is 4.32. The van der Waals surface area contributed by atoms with Gasteiger partial charge in [-0.1, -0.05) is 17.7 Å². The molecule has 1 aromatic carbocycles. The van der Waals surface area contributed by atoms with Gasteiger partial charge in [0.2, 0.25) is 5.78 Å². The van der Waals surface area contributed by atoms with Crippen molar-refractivity contribution < 1.29 is 14.5 Å². The van der Waals surface area contributed by atoms with Crippen LogP contribution in [-0.4, -0.2) is 36.4 Å². The number of nitrogens with zero attached hydrogens (tertiary/aromatic N) is 1. The SMILES string of the molecule is Cc1ccc(NC(=O)C[NH+](C)CC(=O)c2cc(C)n(C)c2C)cc1. The summed E-state index contributed by atoms with van der Waals surface area (Å²) in [5, 5.41) is 2.86. The van der Waals surface area contributed by atoms with E-state index in [4.69, 9.17) is 0 Å². The summed E-state index contributed by atoms with van der Waals surface area (Å²) in [5.41, 5.74) is 4.70. The Morgan fingerprint density at radius 2 is 1.71 bits per heavy atom. The van der Waals surface area contributed by atoms with Crippen molar-refractivity contribution in [2.75, 3.05) is 25.5 Å². The Hall–Kier alpha value is -2.40. The molecular formula is C19H26N3O2+. The second kappa shape index (κ2) is 7.45. The topological polar surface area (TPSA) is 55.5 Å². The summed E-state index contributed by atoms with van der Waals surface area (Å²) in [6, 6.07) is 9.58. The van der Waals surface area contributed by atoms with Gasteiger partial charge in [0.25, 0.3) is 5.91 Å². The standard InChI is InChI=1S/C19H25N3O2/c1-13-6-8-16(9-7-13)20-19(24)12-21(4)11-18(23)17-10-14(2)22(5)15(17)3/h6-10H,11-12H2,1-5H3,(H,20,24)/p+1. The van der Waals surface area contributed by atoms with Crippen LogP contribution in [0.4, 0.5) is 5.69 Å². The number of amides is 1. The van der Waals surface area contributed by atoms with E-state index >= 15 is 0 Å². The maximum atomic E-state index is 12.5. The smallest absolute Gasteiger partial charge is 0.279 e. The van der Waals surface area contributed by atoms with Crippen molar-refractivity contribution >= 4 is 17.4 Å². The Balaban J connectivity index is 1.91. The molecule has 2 N–H and O–H groups in total. The average molecular weight is 328 g/mol. The minimum atomic E-state index is -0.0925. The van der Waals surface area contributed by atoms with Gasteiger partial charge in [0.05, 0.1) is 7.05 Å². The molecule has 1 atom stereocenters. The Labute approximate surface area is 143 Å². The number of Topliss-reactive ketones (excluding diaryl/α,β-unsaturated/α-hetero) is 1. The van der Waals surface area contributed by atoms with Crippen LogP contribution >= 0.6 is 0 Å². The quantitative estimate of drug-likeness (QED) is 0.785. The molecule has 1 aromatic heterocycles. The van der Waals surface area contributed by atoms with Gasteiger partial charge in [-0.15, -0.1) is 0 Å². The van der Waals surface area contributed by atoms with Crippen molar-refractivity contribution in [3.63, 3.8) is 0 Å². The molecule has 24 heavy (non-hydrogen) atoms. The van der Waals surface area contributed by atoms with Crippen LogP contribution in [0.2, 0.25) is 0 Å². The van der Waals surface area contributed by atoms with E-state index in [1.54, 1.807) is 0 Å². The van der Waals surface area contributed by atoms with Gasteiger partial charge in [-0.25, -0.2) is 0 Å². The average Bonchev–Trinajstić information content (AvgIpc) is 2.77. The minimum absolute atomic E-state index is 0.0665. The van der Waals surface area contributed by atoms with E-state index in [2.05, 4.69) is 5.32 Å². The summed E-state index contributed by atoms with van der Waals surface area (Å²) in [6.07, 6.45) is 0. The fourth-order valence-corrected chi connectivity index (χ4v) is 2.69. The number of anilines is 1. The molecule has 5 nitrogen and oxygen atoms in total. The molecular weight excluding hydrogens is 302 g/mol. The number of aryl methyl sites for hydroxylation is 2. The molecule has 0 saturated carbocycles. The van der Waals surface area contributed by atoms with Crippen molar-refractivity contribution in [2.45, 2.75) is 20.8 Å². The van der Waals surface area contributed by atoms with Gasteiger partial charge in [0.15, 0.2) is 6.54 Å². The van der Waals surface area contributed by atoms with Crippen LogP contribution < -0.4 is 10.2 Å². The fourth-order valence-electron chi connectivity index (χ4n) is 2.69. The maximum Gasteiger partial charge on any atom is 0.279 e. The summed E-state index contributed by atoms with van der Waals surface area (Å²) >= 11 is 0. The summed E-state index contributed by atoms with van der Waals surface area (Å²) in [6.45, 7) is 6.48. The number of aromatic nitrogens is 1. The highest BCUT2D eigenvalue weighted by Gasteiger charge is 2.19. The number of ketones is 1. The largest absolute Gasteiger partial charge is 0.351 e. The molecule has 0 aliphatic carbocycles. The third-order valence-electron chi connectivity index (χ3n) is 4.34. The molecule has 128 valence electrons. The molecule has 1 unspecified atom stereocenters. The summed E-state index contributed by atoms with van der Waals surface area (Å²) in [7, 11) is 3.81. The normalized spacial score (nSPS) is 12.0. The van der Waals surface area contributed by atoms with Crippen LogP contribution in [0.5, 0.6) is 0 Å². The Kier molecular flexibility index (Phi) is 5.57. The highest BCUT2D eigenvalue weighted by atomic mass is 16.2. The Bertz CT molecular complexity index is 745. The summed E-state index contributed by atoms with van der Waals surface area (Å²) in [4.78, 5) is 25.4. The Morgan fingerprint density at radius 3 is 2.25 bits per heavy atom. The van der Waals surface area contributed by atoms with Gasteiger partial charge in [0.1, 0.15) is 6.54 Å². The highest BCUT2D eigenvalue weighted by molar-refractivity contribution is 5.98. The third-order valence-corrected chi connectivity index (χ3v) is 4.34. The number of quaternary nitrogens is 1. The van der Waals surface area contributed by atoms with Gasteiger partial charge in [-0.3, -0.25) is 9.59 Å². The second-order valence-electron chi connectivity index (χ2n) is 6.49. The molecule has 0 fully saturated rings. The number of likely N-dealkylation sites (N-methyl/N-ethyl adjacent to an activating group) is 1. The van der Waals surface area contributed by atoms with E-state index in [0.29, 0.717) is 6.54 Å². The molecule has 1 heterocycles. The van der Waals surface area contributed by atoms with Gasteiger partial charge in [-0.2, -0.15) is 0 Å². The first kappa shape index (κ1) is 17.9. The van der Waals surface area contributed by atoms with Crippen molar-refractivity contribution in [2.24, 2.45) is 7.05 Å². The zero-order chi connectivity index (χ0) is 17.9.